The quantitative estimate of drug-likeness (QED) is 0.772. The molecule has 0 amide bonds. The fourth-order valence-electron chi connectivity index (χ4n) is 2.60. The molecule has 1 fully saturated rings. The van der Waals surface area contributed by atoms with Crippen molar-refractivity contribution in [2.24, 2.45) is 5.41 Å². The Labute approximate surface area is 107 Å². The van der Waals surface area contributed by atoms with Crippen molar-refractivity contribution < 1.29 is 4.74 Å². The summed E-state index contributed by atoms with van der Waals surface area (Å²) in [6.45, 7) is 13.8. The summed E-state index contributed by atoms with van der Waals surface area (Å²) in [5.74, 6) is 0. The standard InChI is InChI=1S/C14H30N2O/c1-6-15-12(2)14(3,4)11-16-9-7-13(17-5)8-10-16/h12-13,15H,6-11H2,1-5H3. The van der Waals surface area contributed by atoms with Gasteiger partial charge in [0, 0.05) is 32.8 Å². The summed E-state index contributed by atoms with van der Waals surface area (Å²) in [7, 11) is 1.83. The molecule has 1 heterocycles. The van der Waals surface area contributed by atoms with Crippen LogP contribution in [0.25, 0.3) is 0 Å². The van der Waals surface area contributed by atoms with Crippen molar-refractivity contribution in [1.82, 2.24) is 10.2 Å². The van der Waals surface area contributed by atoms with Gasteiger partial charge < -0.3 is 15.0 Å². The van der Waals surface area contributed by atoms with Crippen LogP contribution in [0.2, 0.25) is 0 Å². The normalized spacial score (nSPS) is 21.7. The fraction of sp³-hybridized carbons (Fsp3) is 1.00. The number of hydrogen-bond donors (Lipinski definition) is 1. The largest absolute Gasteiger partial charge is 0.381 e. The topological polar surface area (TPSA) is 24.5 Å². The molecule has 1 aliphatic heterocycles. The number of nitrogens with zero attached hydrogens (tertiary/aromatic N) is 1. The van der Waals surface area contributed by atoms with E-state index in [9.17, 15) is 0 Å². The van der Waals surface area contributed by atoms with Crippen molar-refractivity contribution in [1.29, 1.82) is 0 Å². The molecule has 0 aromatic rings. The van der Waals surface area contributed by atoms with E-state index in [4.69, 9.17) is 4.74 Å². The van der Waals surface area contributed by atoms with Gasteiger partial charge in [-0.15, -0.1) is 0 Å². The van der Waals surface area contributed by atoms with Crippen LogP contribution in [-0.2, 0) is 4.74 Å². The highest BCUT2D eigenvalue weighted by molar-refractivity contribution is 4.85. The Morgan fingerprint density at radius 1 is 1.35 bits per heavy atom. The van der Waals surface area contributed by atoms with Gasteiger partial charge in [0.2, 0.25) is 0 Å². The lowest BCUT2D eigenvalue weighted by molar-refractivity contribution is 0.0261. The van der Waals surface area contributed by atoms with Crippen LogP contribution in [-0.4, -0.2) is 50.3 Å². The molecular formula is C14H30N2O. The summed E-state index contributed by atoms with van der Waals surface area (Å²) in [4.78, 5) is 2.59. The Bertz CT molecular complexity index is 210. The van der Waals surface area contributed by atoms with E-state index in [2.05, 4.69) is 37.9 Å². The minimum absolute atomic E-state index is 0.329. The molecule has 0 saturated carbocycles. The molecular weight excluding hydrogens is 212 g/mol. The summed E-state index contributed by atoms with van der Waals surface area (Å²) in [5.41, 5.74) is 0.329. The van der Waals surface area contributed by atoms with Gasteiger partial charge in [-0.05, 0) is 31.7 Å². The SMILES string of the molecule is CCNC(C)C(C)(C)CN1CCC(OC)CC1. The van der Waals surface area contributed by atoms with Crippen molar-refractivity contribution in [3.8, 4) is 0 Å². The predicted molar refractivity (Wildman–Crippen MR) is 73.4 cm³/mol. The minimum Gasteiger partial charge on any atom is -0.381 e. The molecule has 17 heavy (non-hydrogen) atoms. The second-order valence-electron chi connectivity index (χ2n) is 5.98. The van der Waals surface area contributed by atoms with Crippen LogP contribution in [0.3, 0.4) is 0 Å². The van der Waals surface area contributed by atoms with Gasteiger partial charge in [0.05, 0.1) is 6.10 Å². The fourth-order valence-corrected chi connectivity index (χ4v) is 2.60. The first-order valence-electron chi connectivity index (χ1n) is 6.98. The molecule has 1 unspecified atom stereocenters. The van der Waals surface area contributed by atoms with Gasteiger partial charge in [-0.25, -0.2) is 0 Å². The molecule has 0 aromatic heterocycles. The Hall–Kier alpha value is -0.120. The number of hydrogen-bond acceptors (Lipinski definition) is 3. The average Bonchev–Trinajstić information content (AvgIpc) is 2.30. The third-order valence-electron chi connectivity index (χ3n) is 4.18. The zero-order valence-corrected chi connectivity index (χ0v) is 12.3. The van der Waals surface area contributed by atoms with E-state index in [-0.39, 0.29) is 0 Å². The molecule has 1 aliphatic rings. The Morgan fingerprint density at radius 3 is 2.41 bits per heavy atom. The molecule has 102 valence electrons. The summed E-state index contributed by atoms with van der Waals surface area (Å²) in [6.07, 6.45) is 2.85. The molecule has 3 heteroatoms. The molecule has 3 nitrogen and oxygen atoms in total. The van der Waals surface area contributed by atoms with E-state index in [0.29, 0.717) is 17.6 Å². The molecule has 1 atom stereocenters. The maximum absolute atomic E-state index is 5.42. The highest BCUT2D eigenvalue weighted by Gasteiger charge is 2.29. The predicted octanol–water partition coefficient (Wildman–Crippen LogP) is 2.12. The van der Waals surface area contributed by atoms with Crippen molar-refractivity contribution in [3.63, 3.8) is 0 Å². The maximum atomic E-state index is 5.42. The Morgan fingerprint density at radius 2 is 1.94 bits per heavy atom. The lowest BCUT2D eigenvalue weighted by Crippen LogP contribution is -2.49. The number of nitrogens with one attached hydrogen (secondary N) is 1. The van der Waals surface area contributed by atoms with Crippen molar-refractivity contribution in [3.05, 3.63) is 0 Å². The lowest BCUT2D eigenvalue weighted by atomic mass is 9.84. The van der Waals surface area contributed by atoms with Crippen LogP contribution in [0, 0.1) is 5.41 Å². The molecule has 0 aromatic carbocycles. The van der Waals surface area contributed by atoms with Crippen molar-refractivity contribution in [2.45, 2.75) is 52.7 Å². The van der Waals surface area contributed by atoms with E-state index in [1.807, 2.05) is 7.11 Å². The Balaban J connectivity index is 2.38. The van der Waals surface area contributed by atoms with Gasteiger partial charge in [-0.1, -0.05) is 20.8 Å². The van der Waals surface area contributed by atoms with Gasteiger partial charge in [0.25, 0.3) is 0 Å². The third kappa shape index (κ3) is 4.57. The van der Waals surface area contributed by atoms with Crippen LogP contribution in [0.5, 0.6) is 0 Å². The number of methoxy groups -OCH3 is 1. The summed E-state index contributed by atoms with van der Waals surface area (Å²) in [6, 6.07) is 0.563. The Kier molecular flexibility index (Phi) is 5.90. The zero-order chi connectivity index (χ0) is 12.9. The monoisotopic (exact) mass is 242 g/mol. The first-order chi connectivity index (χ1) is 7.99. The molecule has 0 spiro atoms. The van der Waals surface area contributed by atoms with Gasteiger partial charge in [0.15, 0.2) is 0 Å². The van der Waals surface area contributed by atoms with E-state index >= 15 is 0 Å². The number of piperidine rings is 1. The highest BCUT2D eigenvalue weighted by atomic mass is 16.5. The lowest BCUT2D eigenvalue weighted by Gasteiger charge is -2.40. The molecule has 1 saturated heterocycles. The summed E-state index contributed by atoms with van der Waals surface area (Å²) < 4.78 is 5.42. The molecule has 0 aliphatic carbocycles. The molecule has 0 bridgehead atoms. The number of rotatable bonds is 6. The smallest absolute Gasteiger partial charge is 0.0595 e. The van der Waals surface area contributed by atoms with Gasteiger partial charge in [0.1, 0.15) is 0 Å². The minimum atomic E-state index is 0.329. The first-order valence-corrected chi connectivity index (χ1v) is 6.98. The first kappa shape index (κ1) is 14.9. The van der Waals surface area contributed by atoms with Crippen LogP contribution in [0.4, 0.5) is 0 Å². The molecule has 0 radical (unpaired) electrons. The van der Waals surface area contributed by atoms with Gasteiger partial charge in [-0.3, -0.25) is 0 Å². The summed E-state index contributed by atoms with van der Waals surface area (Å²) >= 11 is 0. The van der Waals surface area contributed by atoms with E-state index in [1.165, 1.54) is 32.5 Å². The molecule has 1 N–H and O–H groups in total. The van der Waals surface area contributed by atoms with Crippen LogP contribution >= 0.6 is 0 Å². The van der Waals surface area contributed by atoms with Crippen LogP contribution in [0.15, 0.2) is 0 Å². The highest BCUT2D eigenvalue weighted by Crippen LogP contribution is 2.24. The molecule has 1 rings (SSSR count). The van der Waals surface area contributed by atoms with E-state index in [0.717, 1.165) is 6.54 Å². The van der Waals surface area contributed by atoms with Gasteiger partial charge >= 0.3 is 0 Å². The third-order valence-corrected chi connectivity index (χ3v) is 4.18. The second-order valence-corrected chi connectivity index (χ2v) is 5.98. The van der Waals surface area contributed by atoms with E-state index in [1.54, 1.807) is 0 Å². The summed E-state index contributed by atoms with van der Waals surface area (Å²) in [5, 5.41) is 3.54. The zero-order valence-electron chi connectivity index (χ0n) is 12.3. The second kappa shape index (κ2) is 6.72. The van der Waals surface area contributed by atoms with Crippen LogP contribution < -0.4 is 5.32 Å². The number of likely N-dealkylation sites (tertiary alicyclic amines) is 1. The average molecular weight is 242 g/mol. The van der Waals surface area contributed by atoms with Crippen molar-refractivity contribution >= 4 is 0 Å². The number of ether oxygens (including phenoxy) is 1. The maximum Gasteiger partial charge on any atom is 0.0595 e. The van der Waals surface area contributed by atoms with Crippen LogP contribution in [0.1, 0.15) is 40.5 Å². The van der Waals surface area contributed by atoms with E-state index < -0.39 is 0 Å². The van der Waals surface area contributed by atoms with Gasteiger partial charge in [-0.2, -0.15) is 0 Å². The van der Waals surface area contributed by atoms with Crippen molar-refractivity contribution in [2.75, 3.05) is 33.3 Å².